The molecule has 0 spiro atoms. The summed E-state index contributed by atoms with van der Waals surface area (Å²) in [5.74, 6) is -0.614. The lowest BCUT2D eigenvalue weighted by atomic mass is 10.2. The monoisotopic (exact) mass is 254 g/mol. The molecule has 0 amide bonds. The molecule has 0 heterocycles. The van der Waals surface area contributed by atoms with Crippen LogP contribution >= 0.6 is 0 Å². The molecular weight excluding hydrogens is 232 g/mol. The van der Waals surface area contributed by atoms with Crippen molar-refractivity contribution in [2.75, 3.05) is 6.61 Å². The van der Waals surface area contributed by atoms with Gasteiger partial charge in [0.2, 0.25) is 0 Å². The molecule has 0 fully saturated rings. The highest BCUT2D eigenvalue weighted by molar-refractivity contribution is 5.72. The molecule has 0 aromatic heterocycles. The second-order valence-corrected chi connectivity index (χ2v) is 4.25. The predicted octanol–water partition coefficient (Wildman–Crippen LogP) is 2.78. The summed E-state index contributed by atoms with van der Waals surface area (Å²) >= 11 is 0. The van der Waals surface area contributed by atoms with Crippen LogP contribution in [0.3, 0.4) is 0 Å². The van der Waals surface area contributed by atoms with Crippen LogP contribution in [0.2, 0.25) is 0 Å². The molecular formula is C14H22O4. The highest BCUT2D eigenvalue weighted by Crippen LogP contribution is 2.02. The van der Waals surface area contributed by atoms with Crippen LogP contribution < -0.4 is 0 Å². The van der Waals surface area contributed by atoms with Crippen LogP contribution in [0.1, 0.15) is 40.0 Å². The minimum absolute atomic E-state index is 0.218. The van der Waals surface area contributed by atoms with Gasteiger partial charge < -0.3 is 9.47 Å². The van der Waals surface area contributed by atoms with Crippen molar-refractivity contribution in [3.05, 3.63) is 24.3 Å². The second kappa shape index (κ2) is 9.45. The molecule has 0 aromatic rings. The first-order valence-corrected chi connectivity index (χ1v) is 6.06. The topological polar surface area (TPSA) is 52.6 Å². The molecule has 0 saturated carbocycles. The number of allylic oxidation sites excluding steroid dienone is 1. The fraction of sp³-hybridized carbons (Fsp3) is 0.571. The number of carbonyl (C=O) groups is 2. The van der Waals surface area contributed by atoms with Crippen molar-refractivity contribution in [3.8, 4) is 0 Å². The van der Waals surface area contributed by atoms with Crippen LogP contribution in [-0.2, 0) is 19.1 Å². The second-order valence-electron chi connectivity index (χ2n) is 4.25. The summed E-state index contributed by atoms with van der Waals surface area (Å²) in [5, 5.41) is 0. The van der Waals surface area contributed by atoms with Gasteiger partial charge in [-0.15, -0.1) is 0 Å². The van der Waals surface area contributed by atoms with E-state index in [0.29, 0.717) is 13.0 Å². The Morgan fingerprint density at radius 2 is 1.83 bits per heavy atom. The Hall–Kier alpha value is -1.58. The summed E-state index contributed by atoms with van der Waals surface area (Å²) in [6.07, 6.45) is 3.98. The zero-order chi connectivity index (χ0) is 14.0. The van der Waals surface area contributed by atoms with Gasteiger partial charge in [-0.25, -0.2) is 0 Å². The van der Waals surface area contributed by atoms with E-state index in [1.54, 1.807) is 13.0 Å². The smallest absolute Gasteiger partial charge is 0.306 e. The van der Waals surface area contributed by atoms with Crippen molar-refractivity contribution in [2.24, 2.45) is 0 Å². The normalized spacial score (nSPS) is 11.3. The van der Waals surface area contributed by atoms with Gasteiger partial charge in [-0.1, -0.05) is 18.2 Å². The molecule has 0 radical (unpaired) electrons. The number of rotatable bonds is 8. The summed E-state index contributed by atoms with van der Waals surface area (Å²) in [7, 11) is 0. The lowest BCUT2D eigenvalue weighted by Gasteiger charge is -2.08. The van der Waals surface area contributed by atoms with Crippen LogP contribution in [0.15, 0.2) is 24.3 Å². The first-order chi connectivity index (χ1) is 8.45. The third-order valence-corrected chi connectivity index (χ3v) is 2.15. The number of hydrogen-bond acceptors (Lipinski definition) is 4. The van der Waals surface area contributed by atoms with Crippen molar-refractivity contribution in [1.29, 1.82) is 0 Å². The van der Waals surface area contributed by atoms with E-state index in [1.807, 2.05) is 19.9 Å². The van der Waals surface area contributed by atoms with Crippen LogP contribution in [0.5, 0.6) is 0 Å². The molecule has 4 heteroatoms. The summed E-state index contributed by atoms with van der Waals surface area (Å²) in [6, 6.07) is 0. The Balaban J connectivity index is 3.65. The van der Waals surface area contributed by atoms with Gasteiger partial charge in [0, 0.05) is 12.8 Å². The van der Waals surface area contributed by atoms with Crippen molar-refractivity contribution >= 4 is 11.9 Å². The van der Waals surface area contributed by atoms with Gasteiger partial charge in [-0.2, -0.15) is 0 Å². The third kappa shape index (κ3) is 9.63. The molecule has 0 aliphatic heterocycles. The Bertz CT molecular complexity index is 314. The molecule has 0 aliphatic carbocycles. The van der Waals surface area contributed by atoms with E-state index in [-0.39, 0.29) is 30.9 Å². The first-order valence-electron chi connectivity index (χ1n) is 6.06. The van der Waals surface area contributed by atoms with Gasteiger partial charge in [0.05, 0.1) is 0 Å². The quantitative estimate of drug-likeness (QED) is 0.493. The van der Waals surface area contributed by atoms with E-state index in [0.717, 1.165) is 5.57 Å². The van der Waals surface area contributed by atoms with E-state index in [2.05, 4.69) is 6.58 Å². The fourth-order valence-corrected chi connectivity index (χ4v) is 1.06. The van der Waals surface area contributed by atoms with Gasteiger partial charge >= 0.3 is 11.9 Å². The molecule has 1 unspecified atom stereocenters. The van der Waals surface area contributed by atoms with Crippen molar-refractivity contribution < 1.29 is 19.1 Å². The average Bonchev–Trinajstić information content (AvgIpc) is 2.28. The lowest BCUT2D eigenvalue weighted by molar-refractivity contribution is -0.146. The number of hydrogen-bond donors (Lipinski definition) is 0. The standard InChI is InChI=1S/C14H22O4/c1-5-12(4)18-14(16)8-6-7-13(15)17-10-9-11(2)3/h5,9,12H,1,6-8,10H2,2-4H3. The molecule has 0 aromatic carbocycles. The van der Waals surface area contributed by atoms with E-state index < -0.39 is 0 Å². The minimum Gasteiger partial charge on any atom is -0.461 e. The molecule has 0 aliphatic rings. The third-order valence-electron chi connectivity index (χ3n) is 2.15. The first kappa shape index (κ1) is 16.4. The van der Waals surface area contributed by atoms with Gasteiger partial charge in [0.25, 0.3) is 0 Å². The molecule has 4 nitrogen and oxygen atoms in total. The predicted molar refractivity (Wildman–Crippen MR) is 70.0 cm³/mol. The van der Waals surface area contributed by atoms with Crippen LogP contribution in [-0.4, -0.2) is 24.6 Å². The molecule has 0 saturated heterocycles. The van der Waals surface area contributed by atoms with Crippen LogP contribution in [0.25, 0.3) is 0 Å². The summed E-state index contributed by atoms with van der Waals surface area (Å²) in [6.45, 7) is 9.41. The SMILES string of the molecule is C=CC(C)OC(=O)CCCC(=O)OCC=C(C)C. The Kier molecular flexibility index (Phi) is 8.62. The molecule has 0 N–H and O–H groups in total. The Labute approximate surface area is 109 Å². The fourth-order valence-electron chi connectivity index (χ4n) is 1.06. The van der Waals surface area contributed by atoms with Crippen LogP contribution in [0.4, 0.5) is 0 Å². The number of carbonyl (C=O) groups excluding carboxylic acids is 2. The molecule has 0 rings (SSSR count). The van der Waals surface area contributed by atoms with Crippen molar-refractivity contribution in [1.82, 2.24) is 0 Å². The molecule has 102 valence electrons. The zero-order valence-electron chi connectivity index (χ0n) is 11.4. The maximum atomic E-state index is 11.3. The summed E-state index contributed by atoms with van der Waals surface area (Å²) < 4.78 is 9.93. The lowest BCUT2D eigenvalue weighted by Crippen LogP contribution is -2.13. The highest BCUT2D eigenvalue weighted by atomic mass is 16.5. The molecule has 0 bridgehead atoms. The minimum atomic E-state index is -0.320. The van der Waals surface area contributed by atoms with Crippen molar-refractivity contribution in [2.45, 2.75) is 46.1 Å². The van der Waals surface area contributed by atoms with Gasteiger partial charge in [0.1, 0.15) is 12.7 Å². The average molecular weight is 254 g/mol. The van der Waals surface area contributed by atoms with E-state index in [9.17, 15) is 9.59 Å². The number of ether oxygens (including phenoxy) is 2. The van der Waals surface area contributed by atoms with E-state index >= 15 is 0 Å². The molecule has 1 atom stereocenters. The molecule has 18 heavy (non-hydrogen) atoms. The van der Waals surface area contributed by atoms with Gasteiger partial charge in [-0.05, 0) is 33.3 Å². The van der Waals surface area contributed by atoms with Gasteiger partial charge in [-0.3, -0.25) is 9.59 Å². The Morgan fingerprint density at radius 3 is 2.39 bits per heavy atom. The maximum absolute atomic E-state index is 11.3. The number of esters is 2. The summed E-state index contributed by atoms with van der Waals surface area (Å²) in [5.41, 5.74) is 1.10. The van der Waals surface area contributed by atoms with E-state index in [1.165, 1.54) is 0 Å². The largest absolute Gasteiger partial charge is 0.461 e. The van der Waals surface area contributed by atoms with Crippen LogP contribution in [0, 0.1) is 0 Å². The maximum Gasteiger partial charge on any atom is 0.306 e. The highest BCUT2D eigenvalue weighted by Gasteiger charge is 2.08. The van der Waals surface area contributed by atoms with E-state index in [4.69, 9.17) is 9.47 Å². The summed E-state index contributed by atoms with van der Waals surface area (Å²) in [4.78, 5) is 22.5. The van der Waals surface area contributed by atoms with Crippen molar-refractivity contribution in [3.63, 3.8) is 0 Å². The van der Waals surface area contributed by atoms with Gasteiger partial charge in [0.15, 0.2) is 0 Å². The Morgan fingerprint density at radius 1 is 1.22 bits per heavy atom. The zero-order valence-corrected chi connectivity index (χ0v) is 11.4.